The Bertz CT molecular complexity index is 1160. The number of carbonyl (C=O) groups excluding carboxylic acids is 2. The van der Waals surface area contributed by atoms with E-state index < -0.39 is 10.8 Å². The molecule has 1 rings (SSSR count). The largest absolute Gasteiger partial charge is 0.449 e. The molecule has 0 spiro atoms. The van der Waals surface area contributed by atoms with Crippen LogP contribution >= 0.6 is 0 Å². The van der Waals surface area contributed by atoms with E-state index in [-0.39, 0.29) is 24.1 Å². The maximum Gasteiger partial charge on any atom is 0.312 e. The van der Waals surface area contributed by atoms with Gasteiger partial charge in [-0.15, -0.1) is 0 Å². The summed E-state index contributed by atoms with van der Waals surface area (Å²) in [6.45, 7) is 15.4. The molecule has 1 aromatic carbocycles. The first kappa shape index (κ1) is 38.4. The summed E-state index contributed by atoms with van der Waals surface area (Å²) in [5, 5.41) is 0. The quantitative estimate of drug-likeness (QED) is 0.137. The number of hydrogen-bond acceptors (Lipinski definition) is 4. The second kappa shape index (κ2) is 21.2. The minimum atomic E-state index is -0.548. The van der Waals surface area contributed by atoms with Gasteiger partial charge in [-0.25, -0.2) is 0 Å². The highest BCUT2D eigenvalue weighted by molar-refractivity contribution is 5.76. The molecular weight excluding hydrogens is 544 g/mol. The van der Waals surface area contributed by atoms with E-state index in [0.29, 0.717) is 25.7 Å². The molecule has 238 valence electrons. The van der Waals surface area contributed by atoms with Crippen LogP contribution in [-0.4, -0.2) is 24.1 Å². The van der Waals surface area contributed by atoms with Crippen molar-refractivity contribution >= 4 is 11.9 Å². The van der Waals surface area contributed by atoms with Crippen molar-refractivity contribution in [3.63, 3.8) is 0 Å². The summed E-state index contributed by atoms with van der Waals surface area (Å²) in [6, 6.07) is 7.94. The summed E-state index contributed by atoms with van der Waals surface area (Å²) in [5.74, 6) is 25.1. The molecule has 0 fully saturated rings. The lowest BCUT2D eigenvalue weighted by Gasteiger charge is -2.20. The van der Waals surface area contributed by atoms with Gasteiger partial charge in [-0.3, -0.25) is 9.59 Å². The Hall–Kier alpha value is -3.60. The fraction of sp³-hybridized carbons (Fsp3) is 0.600. The Morgan fingerprint density at radius 3 is 1.25 bits per heavy atom. The zero-order valence-electron chi connectivity index (χ0n) is 28.6. The lowest BCUT2D eigenvalue weighted by Crippen LogP contribution is -2.27. The first-order valence-corrected chi connectivity index (χ1v) is 16.3. The third kappa shape index (κ3) is 18.1. The van der Waals surface area contributed by atoms with Crippen LogP contribution in [0.15, 0.2) is 24.3 Å². The Balaban J connectivity index is 2.60. The van der Waals surface area contributed by atoms with Gasteiger partial charge >= 0.3 is 11.9 Å². The molecule has 0 radical (unpaired) electrons. The highest BCUT2D eigenvalue weighted by Crippen LogP contribution is 2.19. The average molecular weight is 599 g/mol. The summed E-state index contributed by atoms with van der Waals surface area (Å²) in [4.78, 5) is 24.7. The van der Waals surface area contributed by atoms with Crippen LogP contribution in [0.3, 0.4) is 0 Å². The Morgan fingerprint density at radius 1 is 0.591 bits per heavy atom. The van der Waals surface area contributed by atoms with Gasteiger partial charge in [-0.2, -0.15) is 0 Å². The van der Waals surface area contributed by atoms with E-state index in [0.717, 1.165) is 62.5 Å². The zero-order valence-corrected chi connectivity index (χ0v) is 28.6. The normalized spacial score (nSPS) is 12.0. The van der Waals surface area contributed by atoms with E-state index in [4.69, 9.17) is 9.47 Å². The number of benzene rings is 1. The first-order valence-electron chi connectivity index (χ1n) is 16.3. The lowest BCUT2D eigenvalue weighted by atomic mass is 9.97. The molecule has 1 aromatic rings. The summed E-state index contributed by atoms with van der Waals surface area (Å²) in [5.41, 5.74) is 0.786. The van der Waals surface area contributed by atoms with Gasteiger partial charge in [0.2, 0.25) is 0 Å². The Morgan fingerprint density at radius 2 is 0.932 bits per heavy atom. The molecule has 4 nitrogen and oxygen atoms in total. The fourth-order valence-electron chi connectivity index (χ4n) is 3.55. The van der Waals surface area contributed by atoms with E-state index >= 15 is 0 Å². The average Bonchev–Trinajstić information content (AvgIpc) is 2.96. The van der Waals surface area contributed by atoms with E-state index in [1.165, 1.54) is 0 Å². The van der Waals surface area contributed by atoms with Crippen molar-refractivity contribution in [1.82, 2.24) is 0 Å². The number of rotatable bonds is 12. The molecule has 0 amide bonds. The molecule has 2 unspecified atom stereocenters. The molecule has 0 saturated heterocycles. The van der Waals surface area contributed by atoms with Crippen molar-refractivity contribution in [2.75, 3.05) is 0 Å². The molecule has 0 saturated carbocycles. The second-order valence-corrected chi connectivity index (χ2v) is 13.1. The predicted octanol–water partition coefficient (Wildman–Crippen LogP) is 9.03. The maximum atomic E-state index is 12.4. The fourth-order valence-corrected chi connectivity index (χ4v) is 3.55. The molecular formula is C40H54O4. The molecule has 0 aliphatic rings. The van der Waals surface area contributed by atoms with Crippen LogP contribution in [0, 0.1) is 58.2 Å². The van der Waals surface area contributed by atoms with E-state index in [2.05, 4.69) is 61.2 Å². The Labute approximate surface area is 268 Å². The lowest BCUT2D eigenvalue weighted by molar-refractivity contribution is -0.157. The van der Waals surface area contributed by atoms with E-state index in [1.807, 2.05) is 65.8 Å². The van der Waals surface area contributed by atoms with Crippen LogP contribution < -0.4 is 0 Å². The van der Waals surface area contributed by atoms with Crippen LogP contribution in [0.2, 0.25) is 0 Å². The van der Waals surface area contributed by atoms with Gasteiger partial charge in [0, 0.05) is 36.8 Å². The smallest absolute Gasteiger partial charge is 0.312 e. The van der Waals surface area contributed by atoms with E-state index in [9.17, 15) is 9.59 Å². The summed E-state index contributed by atoms with van der Waals surface area (Å²) >= 11 is 0. The number of hydrogen-bond donors (Lipinski definition) is 0. The van der Waals surface area contributed by atoms with Gasteiger partial charge in [0.1, 0.15) is 0 Å². The van der Waals surface area contributed by atoms with Crippen LogP contribution in [0.5, 0.6) is 0 Å². The minimum Gasteiger partial charge on any atom is -0.449 e. The molecule has 44 heavy (non-hydrogen) atoms. The minimum absolute atomic E-state index is 0.223. The van der Waals surface area contributed by atoms with E-state index in [1.54, 1.807) is 0 Å². The highest BCUT2D eigenvalue weighted by Gasteiger charge is 2.26. The van der Waals surface area contributed by atoms with Crippen LogP contribution in [0.4, 0.5) is 0 Å². The van der Waals surface area contributed by atoms with Crippen molar-refractivity contribution < 1.29 is 19.1 Å². The topological polar surface area (TPSA) is 52.6 Å². The third-order valence-electron chi connectivity index (χ3n) is 6.45. The van der Waals surface area contributed by atoms with Crippen molar-refractivity contribution in [2.45, 2.75) is 145 Å². The second-order valence-electron chi connectivity index (χ2n) is 13.1. The van der Waals surface area contributed by atoms with Gasteiger partial charge in [0.25, 0.3) is 0 Å². The predicted molar refractivity (Wildman–Crippen MR) is 181 cm³/mol. The standard InChI is InChI=1S/C40H54O4/c1-9-11-13-19-25-35(43-37(41)39(3,4)5)27-21-15-17-23-33-29-31-34(32-30-33)24-18-16-22-28-36(26-20-14-12-10-2)44-38(42)40(6,7)8/h29-32,35-36H,9-16,21-22,27-28H2,1-8H3. The summed E-state index contributed by atoms with van der Waals surface area (Å²) in [7, 11) is 0. The third-order valence-corrected chi connectivity index (χ3v) is 6.45. The zero-order chi connectivity index (χ0) is 32.8. The molecule has 4 heteroatoms. The number of ether oxygens (including phenoxy) is 2. The maximum absolute atomic E-state index is 12.4. The molecule has 0 aromatic heterocycles. The molecule has 0 heterocycles. The van der Waals surface area contributed by atoms with Gasteiger partial charge in [0.15, 0.2) is 12.2 Å². The first-order chi connectivity index (χ1) is 20.9. The number of esters is 2. The van der Waals surface area contributed by atoms with Crippen molar-refractivity contribution in [2.24, 2.45) is 10.8 Å². The SMILES string of the molecule is CCCCC#CC(CCCC#Cc1ccc(C#CCCCC(C#CCCCC)OC(=O)C(C)(C)C)cc1)OC(=O)C(C)(C)C. The van der Waals surface area contributed by atoms with Crippen molar-refractivity contribution in [3.05, 3.63) is 35.4 Å². The van der Waals surface area contributed by atoms with Crippen molar-refractivity contribution in [3.8, 4) is 47.4 Å². The monoisotopic (exact) mass is 598 g/mol. The van der Waals surface area contributed by atoms with Gasteiger partial charge < -0.3 is 9.47 Å². The molecule has 0 bridgehead atoms. The highest BCUT2D eigenvalue weighted by atomic mass is 16.5. The summed E-state index contributed by atoms with van der Waals surface area (Å²) in [6.07, 6.45) is 9.54. The van der Waals surface area contributed by atoms with Crippen molar-refractivity contribution in [1.29, 1.82) is 0 Å². The number of carbonyl (C=O) groups is 2. The van der Waals surface area contributed by atoms with Gasteiger partial charge in [0.05, 0.1) is 10.8 Å². The van der Waals surface area contributed by atoms with Gasteiger partial charge in [-0.1, -0.05) is 74.1 Å². The van der Waals surface area contributed by atoms with Crippen LogP contribution in [0.25, 0.3) is 0 Å². The number of unbranched alkanes of at least 4 members (excludes halogenated alkanes) is 6. The van der Waals surface area contributed by atoms with Crippen LogP contribution in [-0.2, 0) is 19.1 Å². The molecule has 0 aliphatic heterocycles. The molecule has 0 N–H and O–H groups in total. The molecule has 0 aliphatic carbocycles. The summed E-state index contributed by atoms with van der Waals surface area (Å²) < 4.78 is 11.4. The van der Waals surface area contributed by atoms with Crippen LogP contribution in [0.1, 0.15) is 144 Å². The van der Waals surface area contributed by atoms with Gasteiger partial charge in [-0.05, 0) is 104 Å². The Kier molecular flexibility index (Phi) is 18.5. The molecule has 2 atom stereocenters.